The summed E-state index contributed by atoms with van der Waals surface area (Å²) in [5, 5.41) is 2.86. The lowest BCUT2D eigenvalue weighted by molar-refractivity contribution is -0.131. The number of nitrogens with one attached hydrogen (secondary N) is 1. The highest BCUT2D eigenvalue weighted by molar-refractivity contribution is 6.07. The molecule has 1 aromatic rings. The quantitative estimate of drug-likeness (QED) is 0.844. The third kappa shape index (κ3) is 2.61. The molecule has 0 atom stereocenters. The van der Waals surface area contributed by atoms with Gasteiger partial charge < -0.3 is 14.8 Å². The summed E-state index contributed by atoms with van der Waals surface area (Å²) >= 11 is 0. The van der Waals surface area contributed by atoms with Crippen molar-refractivity contribution in [3.63, 3.8) is 0 Å². The third-order valence-electron chi connectivity index (χ3n) is 4.35. The maximum atomic E-state index is 12.4. The van der Waals surface area contributed by atoms with Gasteiger partial charge in [-0.1, -0.05) is 12.8 Å². The summed E-state index contributed by atoms with van der Waals surface area (Å²) in [5.74, 6) is 1.33. The van der Waals surface area contributed by atoms with Gasteiger partial charge in [0, 0.05) is 0 Å². The van der Waals surface area contributed by atoms with Gasteiger partial charge in [-0.25, -0.2) is 4.79 Å². The lowest BCUT2D eigenvalue weighted by Crippen LogP contribution is -2.44. The molecular weight excluding hydrogens is 284 g/mol. The van der Waals surface area contributed by atoms with E-state index in [1.54, 1.807) is 31.4 Å². The molecule has 1 saturated carbocycles. The van der Waals surface area contributed by atoms with E-state index in [1.165, 1.54) is 4.90 Å². The number of ether oxygens (including phenoxy) is 2. The largest absolute Gasteiger partial charge is 0.497 e. The Labute approximate surface area is 129 Å². The maximum absolute atomic E-state index is 12.4. The van der Waals surface area contributed by atoms with Crippen LogP contribution < -0.4 is 14.8 Å². The fourth-order valence-corrected chi connectivity index (χ4v) is 3.12. The van der Waals surface area contributed by atoms with Crippen LogP contribution in [0.25, 0.3) is 0 Å². The standard InChI is InChI=1S/C16H20N2O4/c1-21-12-4-6-13(7-5-12)22-11-10-18-14(19)16(17-15(18)20)8-2-3-9-16/h4-7H,2-3,8-11H2,1H3,(H,17,20). The number of carbonyl (C=O) groups excluding carboxylic acids is 2. The lowest BCUT2D eigenvalue weighted by Gasteiger charge is -2.20. The number of methoxy groups -OCH3 is 1. The Bertz CT molecular complexity index is 564. The van der Waals surface area contributed by atoms with Crippen molar-refractivity contribution in [2.24, 2.45) is 0 Å². The van der Waals surface area contributed by atoms with Crippen LogP contribution in [0.4, 0.5) is 4.79 Å². The van der Waals surface area contributed by atoms with Crippen LogP contribution in [0, 0.1) is 0 Å². The van der Waals surface area contributed by atoms with Crippen molar-refractivity contribution >= 4 is 11.9 Å². The summed E-state index contributed by atoms with van der Waals surface area (Å²) < 4.78 is 10.7. The van der Waals surface area contributed by atoms with E-state index in [2.05, 4.69) is 5.32 Å². The van der Waals surface area contributed by atoms with Crippen LogP contribution in [0.3, 0.4) is 0 Å². The van der Waals surface area contributed by atoms with Crippen molar-refractivity contribution in [1.82, 2.24) is 10.2 Å². The SMILES string of the molecule is COc1ccc(OCCN2C(=O)NC3(CCCC3)C2=O)cc1. The zero-order valence-corrected chi connectivity index (χ0v) is 12.6. The molecule has 2 fully saturated rings. The average Bonchev–Trinajstić information content (AvgIpc) is 3.09. The molecule has 1 aliphatic heterocycles. The Morgan fingerprint density at radius 1 is 1.14 bits per heavy atom. The molecule has 1 heterocycles. The number of rotatable bonds is 5. The van der Waals surface area contributed by atoms with E-state index in [-0.39, 0.29) is 25.1 Å². The number of amides is 3. The lowest BCUT2D eigenvalue weighted by atomic mass is 9.98. The first-order valence-electron chi connectivity index (χ1n) is 7.56. The Hall–Kier alpha value is -2.24. The first kappa shape index (κ1) is 14.7. The highest BCUT2D eigenvalue weighted by atomic mass is 16.5. The molecule has 0 bridgehead atoms. The van der Waals surface area contributed by atoms with Crippen LogP contribution in [0.15, 0.2) is 24.3 Å². The molecule has 22 heavy (non-hydrogen) atoms. The fraction of sp³-hybridized carbons (Fsp3) is 0.500. The van der Waals surface area contributed by atoms with Crippen molar-refractivity contribution in [3.05, 3.63) is 24.3 Å². The molecule has 0 radical (unpaired) electrons. The van der Waals surface area contributed by atoms with E-state index in [4.69, 9.17) is 9.47 Å². The molecule has 0 aromatic heterocycles. The van der Waals surface area contributed by atoms with Crippen LogP contribution in [0.1, 0.15) is 25.7 Å². The molecule has 1 spiro atoms. The molecule has 1 aliphatic carbocycles. The summed E-state index contributed by atoms with van der Waals surface area (Å²) in [7, 11) is 1.60. The fourth-order valence-electron chi connectivity index (χ4n) is 3.12. The molecule has 118 valence electrons. The van der Waals surface area contributed by atoms with Crippen molar-refractivity contribution in [2.45, 2.75) is 31.2 Å². The normalized spacial score (nSPS) is 19.6. The molecule has 2 aliphatic rings. The van der Waals surface area contributed by atoms with Gasteiger partial charge in [-0.2, -0.15) is 0 Å². The molecule has 3 rings (SSSR count). The van der Waals surface area contributed by atoms with Gasteiger partial charge in [0.1, 0.15) is 23.6 Å². The van der Waals surface area contributed by atoms with Gasteiger partial charge in [-0.3, -0.25) is 9.69 Å². The summed E-state index contributed by atoms with van der Waals surface area (Å²) in [4.78, 5) is 25.7. The van der Waals surface area contributed by atoms with Gasteiger partial charge in [-0.15, -0.1) is 0 Å². The minimum Gasteiger partial charge on any atom is -0.497 e. The number of benzene rings is 1. The van der Waals surface area contributed by atoms with Crippen LogP contribution in [-0.4, -0.2) is 42.6 Å². The molecule has 6 heteroatoms. The summed E-state index contributed by atoms with van der Waals surface area (Å²) in [5.41, 5.74) is -0.642. The number of hydrogen-bond acceptors (Lipinski definition) is 4. The number of carbonyl (C=O) groups is 2. The zero-order valence-electron chi connectivity index (χ0n) is 12.6. The molecular formula is C16H20N2O4. The topological polar surface area (TPSA) is 67.9 Å². The second-order valence-corrected chi connectivity index (χ2v) is 5.70. The first-order chi connectivity index (χ1) is 10.6. The monoisotopic (exact) mass is 304 g/mol. The predicted molar refractivity (Wildman–Crippen MR) is 79.9 cm³/mol. The second kappa shape index (κ2) is 5.87. The number of urea groups is 1. The Morgan fingerprint density at radius 2 is 1.77 bits per heavy atom. The highest BCUT2D eigenvalue weighted by Gasteiger charge is 2.52. The van der Waals surface area contributed by atoms with E-state index < -0.39 is 5.54 Å². The van der Waals surface area contributed by atoms with Crippen LogP contribution in [0.2, 0.25) is 0 Å². The average molecular weight is 304 g/mol. The minimum atomic E-state index is -0.642. The van der Waals surface area contributed by atoms with Gasteiger partial charge in [0.25, 0.3) is 5.91 Å². The zero-order chi connectivity index (χ0) is 15.6. The number of hydrogen-bond donors (Lipinski definition) is 1. The molecule has 3 amide bonds. The molecule has 0 unspecified atom stereocenters. The van der Waals surface area contributed by atoms with E-state index in [0.29, 0.717) is 5.75 Å². The van der Waals surface area contributed by atoms with Crippen molar-refractivity contribution in [3.8, 4) is 11.5 Å². The second-order valence-electron chi connectivity index (χ2n) is 5.70. The van der Waals surface area contributed by atoms with Gasteiger partial charge >= 0.3 is 6.03 Å². The third-order valence-corrected chi connectivity index (χ3v) is 4.35. The van der Waals surface area contributed by atoms with Crippen LogP contribution in [0.5, 0.6) is 11.5 Å². The molecule has 1 saturated heterocycles. The Balaban J connectivity index is 1.55. The van der Waals surface area contributed by atoms with E-state index >= 15 is 0 Å². The molecule has 6 nitrogen and oxygen atoms in total. The van der Waals surface area contributed by atoms with Crippen molar-refractivity contribution in [1.29, 1.82) is 0 Å². The first-order valence-corrected chi connectivity index (χ1v) is 7.56. The Kier molecular flexibility index (Phi) is 3.92. The molecule has 1 N–H and O–H groups in total. The number of imide groups is 1. The summed E-state index contributed by atoms with van der Waals surface area (Å²) in [6, 6.07) is 6.89. The van der Waals surface area contributed by atoms with E-state index in [9.17, 15) is 9.59 Å². The number of nitrogens with zero attached hydrogens (tertiary/aromatic N) is 1. The van der Waals surface area contributed by atoms with Gasteiger partial charge in [0.05, 0.1) is 13.7 Å². The van der Waals surface area contributed by atoms with E-state index in [1.807, 2.05) is 0 Å². The van der Waals surface area contributed by atoms with Crippen LogP contribution >= 0.6 is 0 Å². The van der Waals surface area contributed by atoms with Crippen molar-refractivity contribution in [2.75, 3.05) is 20.3 Å². The van der Waals surface area contributed by atoms with Crippen molar-refractivity contribution < 1.29 is 19.1 Å². The van der Waals surface area contributed by atoms with E-state index in [0.717, 1.165) is 31.4 Å². The van der Waals surface area contributed by atoms with Crippen LogP contribution in [-0.2, 0) is 4.79 Å². The summed E-state index contributed by atoms with van der Waals surface area (Å²) in [6.07, 6.45) is 3.46. The van der Waals surface area contributed by atoms with Gasteiger partial charge in [0.2, 0.25) is 0 Å². The maximum Gasteiger partial charge on any atom is 0.325 e. The smallest absolute Gasteiger partial charge is 0.325 e. The minimum absolute atomic E-state index is 0.103. The van der Waals surface area contributed by atoms with Gasteiger partial charge in [0.15, 0.2) is 0 Å². The highest BCUT2D eigenvalue weighted by Crippen LogP contribution is 2.34. The molecule has 1 aromatic carbocycles. The van der Waals surface area contributed by atoms with Gasteiger partial charge in [-0.05, 0) is 37.1 Å². The summed E-state index contributed by atoms with van der Waals surface area (Å²) in [6.45, 7) is 0.542. The Morgan fingerprint density at radius 3 is 2.41 bits per heavy atom. The predicted octanol–water partition coefficient (Wildman–Crippen LogP) is 1.94.